The average molecular weight is 446 g/mol. The smallest absolute Gasteiger partial charge is 0.336 e. The van der Waals surface area contributed by atoms with E-state index < -0.39 is 5.63 Å². The number of rotatable bonds is 7. The molecule has 0 saturated heterocycles. The van der Waals surface area contributed by atoms with E-state index in [0.29, 0.717) is 35.1 Å². The fourth-order valence-corrected chi connectivity index (χ4v) is 3.85. The van der Waals surface area contributed by atoms with Crippen LogP contribution in [0.4, 0.5) is 0 Å². The van der Waals surface area contributed by atoms with Crippen LogP contribution in [0.25, 0.3) is 22.3 Å². The highest BCUT2D eigenvalue weighted by Crippen LogP contribution is 2.27. The molecule has 2 aromatic carbocycles. The number of hydrogen-bond acceptors (Lipinski definition) is 6. The molecule has 4 aromatic rings. The Morgan fingerprint density at radius 1 is 1.06 bits per heavy atom. The molecular weight excluding hydrogens is 418 g/mol. The van der Waals surface area contributed by atoms with Crippen molar-refractivity contribution in [2.75, 3.05) is 0 Å². The summed E-state index contributed by atoms with van der Waals surface area (Å²) in [5.74, 6) is 1.08. The molecule has 33 heavy (non-hydrogen) atoms. The van der Waals surface area contributed by atoms with E-state index in [-0.39, 0.29) is 19.0 Å². The largest absolute Gasteiger partial charge is 0.461 e. The molecule has 6 heteroatoms. The molecule has 0 N–H and O–H groups in total. The number of carbonyl (C=O) groups is 1. The Hall–Kier alpha value is -3.67. The lowest BCUT2D eigenvalue weighted by Crippen LogP contribution is -2.09. The SMILES string of the molecule is Cc1ccc(-c2cnc(CCC(=O)OCc3cc(=O)oc4cc(C)c(C(C)C)cc34)o2)cc1. The highest BCUT2D eigenvalue weighted by molar-refractivity contribution is 5.82. The molecule has 0 aliphatic heterocycles. The Balaban J connectivity index is 1.41. The number of carbonyl (C=O) groups excluding carboxylic acids is 1. The molecule has 0 saturated carbocycles. The van der Waals surface area contributed by atoms with Gasteiger partial charge < -0.3 is 13.6 Å². The van der Waals surface area contributed by atoms with E-state index in [4.69, 9.17) is 13.6 Å². The maximum absolute atomic E-state index is 12.4. The van der Waals surface area contributed by atoms with Crippen molar-refractivity contribution in [1.29, 1.82) is 0 Å². The summed E-state index contributed by atoms with van der Waals surface area (Å²) in [6.45, 7) is 8.24. The third-order valence-electron chi connectivity index (χ3n) is 5.66. The first-order valence-corrected chi connectivity index (χ1v) is 11.0. The van der Waals surface area contributed by atoms with Crippen molar-refractivity contribution in [3.63, 3.8) is 0 Å². The summed E-state index contributed by atoms with van der Waals surface area (Å²) in [5, 5.41) is 0.784. The second-order valence-electron chi connectivity index (χ2n) is 8.60. The minimum absolute atomic E-state index is 0.00172. The standard InChI is InChI=1S/C27H27NO5/c1-16(2)21-13-22-20(12-27(30)33-23(22)11-18(21)4)15-31-26(29)10-9-25-28-14-24(32-25)19-7-5-17(3)6-8-19/h5-8,11-14,16H,9-10,15H2,1-4H3. The van der Waals surface area contributed by atoms with Gasteiger partial charge >= 0.3 is 11.6 Å². The summed E-state index contributed by atoms with van der Waals surface area (Å²) in [4.78, 5) is 28.6. The van der Waals surface area contributed by atoms with Gasteiger partial charge in [0.1, 0.15) is 12.2 Å². The van der Waals surface area contributed by atoms with Crippen LogP contribution in [0.3, 0.4) is 0 Å². The fraction of sp³-hybridized carbons (Fsp3) is 0.296. The maximum atomic E-state index is 12.4. The molecular formula is C27H27NO5. The van der Waals surface area contributed by atoms with Crippen LogP contribution < -0.4 is 5.63 Å². The van der Waals surface area contributed by atoms with E-state index in [2.05, 4.69) is 18.8 Å². The summed E-state index contributed by atoms with van der Waals surface area (Å²) >= 11 is 0. The zero-order chi connectivity index (χ0) is 23.5. The minimum Gasteiger partial charge on any atom is -0.461 e. The second-order valence-corrected chi connectivity index (χ2v) is 8.60. The molecule has 4 rings (SSSR count). The van der Waals surface area contributed by atoms with E-state index in [9.17, 15) is 9.59 Å². The van der Waals surface area contributed by atoms with Crippen LogP contribution in [-0.2, 0) is 22.6 Å². The van der Waals surface area contributed by atoms with Gasteiger partial charge in [0.05, 0.1) is 12.6 Å². The first-order valence-electron chi connectivity index (χ1n) is 11.0. The van der Waals surface area contributed by atoms with Gasteiger partial charge in [-0.25, -0.2) is 9.78 Å². The zero-order valence-corrected chi connectivity index (χ0v) is 19.3. The van der Waals surface area contributed by atoms with Crippen LogP contribution in [0.15, 0.2) is 62.3 Å². The lowest BCUT2D eigenvalue weighted by molar-refractivity contribution is -0.144. The van der Waals surface area contributed by atoms with Gasteiger partial charge in [-0.15, -0.1) is 0 Å². The van der Waals surface area contributed by atoms with Crippen LogP contribution in [-0.4, -0.2) is 11.0 Å². The zero-order valence-electron chi connectivity index (χ0n) is 19.3. The molecule has 0 unspecified atom stereocenters. The van der Waals surface area contributed by atoms with Crippen LogP contribution >= 0.6 is 0 Å². The molecule has 2 heterocycles. The van der Waals surface area contributed by atoms with Crippen molar-refractivity contribution in [2.24, 2.45) is 0 Å². The molecule has 0 spiro atoms. The third-order valence-corrected chi connectivity index (χ3v) is 5.66. The van der Waals surface area contributed by atoms with Gasteiger partial charge in [0.15, 0.2) is 11.7 Å². The summed E-state index contributed by atoms with van der Waals surface area (Å²) in [6.07, 6.45) is 2.12. The predicted octanol–water partition coefficient (Wildman–Crippen LogP) is 5.86. The Morgan fingerprint density at radius 3 is 2.55 bits per heavy atom. The Kier molecular flexibility index (Phi) is 6.45. The molecule has 0 fully saturated rings. The minimum atomic E-state index is -0.464. The van der Waals surface area contributed by atoms with E-state index in [1.807, 2.05) is 50.2 Å². The van der Waals surface area contributed by atoms with E-state index >= 15 is 0 Å². The number of esters is 1. The first kappa shape index (κ1) is 22.5. The maximum Gasteiger partial charge on any atom is 0.336 e. The Morgan fingerprint density at radius 2 is 1.82 bits per heavy atom. The molecule has 2 aromatic heterocycles. The number of oxazole rings is 1. The molecule has 0 aliphatic rings. The van der Waals surface area contributed by atoms with Crippen molar-refractivity contribution in [1.82, 2.24) is 4.98 Å². The van der Waals surface area contributed by atoms with E-state index in [0.717, 1.165) is 22.1 Å². The monoisotopic (exact) mass is 445 g/mol. The molecule has 170 valence electrons. The van der Waals surface area contributed by atoms with Crippen LogP contribution in [0.5, 0.6) is 0 Å². The van der Waals surface area contributed by atoms with Crippen molar-refractivity contribution in [2.45, 2.75) is 53.1 Å². The lowest BCUT2D eigenvalue weighted by Gasteiger charge is -2.13. The lowest BCUT2D eigenvalue weighted by atomic mass is 9.95. The van der Waals surface area contributed by atoms with Gasteiger partial charge in [-0.05, 0) is 43.0 Å². The molecule has 0 amide bonds. The molecule has 0 aliphatic carbocycles. The number of benzene rings is 2. The van der Waals surface area contributed by atoms with Gasteiger partial charge in [0.25, 0.3) is 0 Å². The van der Waals surface area contributed by atoms with Crippen molar-refractivity contribution < 1.29 is 18.4 Å². The number of hydrogen-bond donors (Lipinski definition) is 0. The number of ether oxygens (including phenoxy) is 1. The number of aromatic nitrogens is 1. The van der Waals surface area contributed by atoms with Crippen molar-refractivity contribution >= 4 is 16.9 Å². The van der Waals surface area contributed by atoms with Gasteiger partial charge in [0.2, 0.25) is 0 Å². The Bertz CT molecular complexity index is 1350. The van der Waals surface area contributed by atoms with Gasteiger partial charge in [0, 0.05) is 29.0 Å². The molecule has 6 nitrogen and oxygen atoms in total. The number of nitrogens with zero attached hydrogens (tertiary/aromatic N) is 1. The van der Waals surface area contributed by atoms with Gasteiger partial charge in [-0.3, -0.25) is 4.79 Å². The normalized spacial score (nSPS) is 11.3. The van der Waals surface area contributed by atoms with E-state index in [1.54, 1.807) is 6.20 Å². The quantitative estimate of drug-likeness (QED) is 0.262. The van der Waals surface area contributed by atoms with Crippen LogP contribution in [0, 0.1) is 13.8 Å². The Labute approximate surface area is 192 Å². The van der Waals surface area contributed by atoms with Crippen LogP contribution in [0.1, 0.15) is 54.3 Å². The first-order chi connectivity index (χ1) is 15.8. The summed E-state index contributed by atoms with van der Waals surface area (Å²) < 4.78 is 16.6. The average Bonchev–Trinajstić information content (AvgIpc) is 3.24. The highest BCUT2D eigenvalue weighted by Gasteiger charge is 2.14. The fourth-order valence-electron chi connectivity index (χ4n) is 3.85. The second kappa shape index (κ2) is 9.45. The predicted molar refractivity (Wildman–Crippen MR) is 126 cm³/mol. The van der Waals surface area contributed by atoms with Crippen LogP contribution in [0.2, 0.25) is 0 Å². The number of aryl methyl sites for hydroxylation is 3. The summed E-state index contributed by atoms with van der Waals surface area (Å²) in [7, 11) is 0. The number of fused-ring (bicyclic) bond motifs is 1. The third kappa shape index (κ3) is 5.22. The van der Waals surface area contributed by atoms with E-state index in [1.165, 1.54) is 11.6 Å². The summed E-state index contributed by atoms with van der Waals surface area (Å²) in [6, 6.07) is 13.2. The van der Waals surface area contributed by atoms with Crippen molar-refractivity contribution in [3.8, 4) is 11.3 Å². The molecule has 0 atom stereocenters. The highest BCUT2D eigenvalue weighted by atomic mass is 16.5. The molecule has 0 radical (unpaired) electrons. The van der Waals surface area contributed by atoms with Crippen molar-refractivity contribution in [3.05, 3.63) is 87.2 Å². The summed E-state index contributed by atoms with van der Waals surface area (Å²) in [5.41, 5.74) is 5.00. The molecule has 0 bridgehead atoms. The topological polar surface area (TPSA) is 82.5 Å². The van der Waals surface area contributed by atoms with Gasteiger partial charge in [-0.2, -0.15) is 0 Å². The van der Waals surface area contributed by atoms with Gasteiger partial charge in [-0.1, -0.05) is 43.7 Å².